The lowest BCUT2D eigenvalue weighted by atomic mass is 10.1. The van der Waals surface area contributed by atoms with Crippen LogP contribution in [0.2, 0.25) is 0 Å². The van der Waals surface area contributed by atoms with Crippen molar-refractivity contribution in [2.45, 2.75) is 76.3 Å². The van der Waals surface area contributed by atoms with Crippen molar-refractivity contribution >= 4 is 33.4 Å². The molecule has 0 saturated carbocycles. The predicted octanol–water partition coefficient (Wildman–Crippen LogP) is 1.64. The van der Waals surface area contributed by atoms with Gasteiger partial charge in [0, 0.05) is 38.2 Å². The third-order valence-electron chi connectivity index (χ3n) is 7.29. The van der Waals surface area contributed by atoms with Gasteiger partial charge in [-0.3, -0.25) is 14.9 Å². The zero-order chi connectivity index (χ0) is 32.8. The number of amides is 2. The maximum Gasteiger partial charge on any atom is 0.343 e. The lowest BCUT2D eigenvalue weighted by molar-refractivity contribution is -0.146. The van der Waals surface area contributed by atoms with Crippen LogP contribution in [-0.4, -0.2) is 76.6 Å². The van der Waals surface area contributed by atoms with Gasteiger partial charge in [-0.15, -0.1) is 0 Å². The van der Waals surface area contributed by atoms with E-state index in [0.29, 0.717) is 55.6 Å². The van der Waals surface area contributed by atoms with Crippen LogP contribution in [-0.2, 0) is 41.8 Å². The smallest absolute Gasteiger partial charge is 0.343 e. The minimum absolute atomic E-state index is 0.101. The van der Waals surface area contributed by atoms with Crippen molar-refractivity contribution in [3.63, 3.8) is 0 Å². The summed E-state index contributed by atoms with van der Waals surface area (Å²) in [5.74, 6) is -0.504. The van der Waals surface area contributed by atoms with Crippen LogP contribution in [0.1, 0.15) is 60.9 Å². The summed E-state index contributed by atoms with van der Waals surface area (Å²) in [6.45, 7) is 5.30. The van der Waals surface area contributed by atoms with Crippen LogP contribution >= 0.6 is 0 Å². The summed E-state index contributed by atoms with van der Waals surface area (Å²) >= 11 is 0. The third kappa shape index (κ3) is 11.3. The van der Waals surface area contributed by atoms with Crippen molar-refractivity contribution in [3.05, 3.63) is 46.6 Å². The maximum absolute atomic E-state index is 13.3. The Balaban J connectivity index is 1.49. The first-order chi connectivity index (χ1) is 21.5. The van der Waals surface area contributed by atoms with Gasteiger partial charge in [0.1, 0.15) is 17.4 Å². The number of unbranched alkanes of at least 4 members (excludes halogenated alkanes) is 1. The van der Waals surface area contributed by atoms with Gasteiger partial charge in [0.25, 0.3) is 0 Å². The second-order valence-electron chi connectivity index (χ2n) is 11.0. The number of sulfone groups is 1. The number of carbonyl (C=O) groups excluding carboxylic acids is 3. The minimum Gasteiger partial charge on any atom is -0.494 e. The number of rotatable bonds is 18. The first-order valence-corrected chi connectivity index (χ1v) is 17.0. The zero-order valence-corrected chi connectivity index (χ0v) is 27.2. The molecule has 2 aromatic rings. The molecule has 0 fully saturated rings. The first-order valence-electron chi connectivity index (χ1n) is 15.3. The van der Waals surface area contributed by atoms with E-state index >= 15 is 0 Å². The van der Waals surface area contributed by atoms with Gasteiger partial charge in [0.2, 0.25) is 11.8 Å². The van der Waals surface area contributed by atoms with Gasteiger partial charge in [-0.2, -0.15) is 0 Å². The number of esters is 1. The Morgan fingerprint density at radius 3 is 2.51 bits per heavy atom. The number of nitrogens with one attached hydrogen (secondary N) is 4. The van der Waals surface area contributed by atoms with Gasteiger partial charge in [-0.05, 0) is 87.3 Å². The van der Waals surface area contributed by atoms with Gasteiger partial charge in [0.05, 0.1) is 18.6 Å². The molecule has 14 heteroatoms. The molecule has 0 aliphatic carbocycles. The topological polar surface area (TPSA) is 191 Å². The molecule has 248 valence electrons. The van der Waals surface area contributed by atoms with Gasteiger partial charge in [-0.1, -0.05) is 6.07 Å². The molecule has 13 nitrogen and oxygen atoms in total. The Kier molecular flexibility index (Phi) is 14.0. The molecule has 2 heterocycles. The number of nitrogens with zero attached hydrogens (tertiary/aromatic N) is 1. The molecule has 2 amide bonds. The Hall–Kier alpha value is -3.75. The minimum atomic E-state index is -3.92. The highest BCUT2D eigenvalue weighted by Crippen LogP contribution is 2.27. The van der Waals surface area contributed by atoms with Crippen LogP contribution in [0.4, 0.5) is 5.82 Å². The molecule has 6 N–H and O–H groups in total. The van der Waals surface area contributed by atoms with Gasteiger partial charge < -0.3 is 31.2 Å². The molecule has 0 spiro atoms. The number of hydrogen-bond acceptors (Lipinski definition) is 11. The summed E-state index contributed by atoms with van der Waals surface area (Å²) in [7, 11) is -2.75. The maximum atomic E-state index is 13.3. The van der Waals surface area contributed by atoms with Crippen molar-refractivity contribution in [2.75, 3.05) is 44.5 Å². The standard InChI is InChI=1S/C31H46N6O7S/c1-21-18-25(44-17-7-11-26(38)33-16-14-32)19-22(2)28(21)45(41,42)20-35-30(31(40)43-3)37-27(39)10-5-4-9-24-13-12-23-8-6-15-34-29(23)36-24/h12-13,18-19,30,35H,4-11,14-17,20,32H2,1-3H3,(H,33,38)(H,34,36)(H,37,39). The van der Waals surface area contributed by atoms with E-state index in [4.69, 9.17) is 15.2 Å². The van der Waals surface area contributed by atoms with Gasteiger partial charge in [0.15, 0.2) is 16.0 Å². The second-order valence-corrected chi connectivity index (χ2v) is 12.9. The highest BCUT2D eigenvalue weighted by atomic mass is 32.2. The normalized spacial score (nSPS) is 13.2. The molecule has 1 aromatic carbocycles. The van der Waals surface area contributed by atoms with Crippen LogP contribution in [0.25, 0.3) is 0 Å². The quantitative estimate of drug-likeness (QED) is 0.0899. The number of aryl methyl sites for hydroxylation is 4. The molecule has 0 saturated heterocycles. The number of fused-ring (bicyclic) bond motifs is 1. The Morgan fingerprint density at radius 2 is 1.80 bits per heavy atom. The van der Waals surface area contributed by atoms with E-state index in [1.807, 2.05) is 6.07 Å². The summed E-state index contributed by atoms with van der Waals surface area (Å²) in [5, 5.41) is 11.2. The van der Waals surface area contributed by atoms with E-state index in [2.05, 4.69) is 32.3 Å². The largest absolute Gasteiger partial charge is 0.494 e. The Labute approximate surface area is 265 Å². The van der Waals surface area contributed by atoms with E-state index in [-0.39, 0.29) is 23.8 Å². The molecule has 1 aliphatic rings. The monoisotopic (exact) mass is 646 g/mol. The van der Waals surface area contributed by atoms with Crippen molar-refractivity contribution in [3.8, 4) is 5.75 Å². The second kappa shape index (κ2) is 17.7. The average molecular weight is 647 g/mol. The number of benzene rings is 1. The van der Waals surface area contributed by atoms with E-state index in [9.17, 15) is 22.8 Å². The molecule has 0 radical (unpaired) electrons. The number of methoxy groups -OCH3 is 1. The van der Waals surface area contributed by atoms with E-state index in [1.54, 1.807) is 26.0 Å². The number of hydrogen-bond donors (Lipinski definition) is 5. The van der Waals surface area contributed by atoms with Crippen LogP contribution in [0.3, 0.4) is 0 Å². The summed E-state index contributed by atoms with van der Waals surface area (Å²) in [6, 6.07) is 7.34. The SMILES string of the molecule is COC(=O)C(NCS(=O)(=O)c1c(C)cc(OCCCC(=O)NCCN)cc1C)NC(=O)CCCCc1ccc2c(n1)NCCC2. The summed E-state index contributed by atoms with van der Waals surface area (Å²) in [4.78, 5) is 41.5. The molecule has 45 heavy (non-hydrogen) atoms. The molecule has 3 rings (SSSR count). The number of nitrogens with two attached hydrogens (primary N) is 1. The number of aromatic nitrogens is 1. The fourth-order valence-electron chi connectivity index (χ4n) is 5.12. The third-order valence-corrected chi connectivity index (χ3v) is 9.10. The number of pyridine rings is 1. The molecule has 1 atom stereocenters. The van der Waals surface area contributed by atoms with E-state index in [1.165, 1.54) is 5.56 Å². The van der Waals surface area contributed by atoms with E-state index in [0.717, 1.165) is 44.4 Å². The first kappa shape index (κ1) is 35.7. The summed E-state index contributed by atoms with van der Waals surface area (Å²) < 4.78 is 37.1. The van der Waals surface area contributed by atoms with Crippen LogP contribution in [0.15, 0.2) is 29.2 Å². The zero-order valence-electron chi connectivity index (χ0n) is 26.4. The van der Waals surface area contributed by atoms with Gasteiger partial charge >= 0.3 is 5.97 Å². The van der Waals surface area contributed by atoms with Crippen molar-refractivity contribution < 1.29 is 32.3 Å². The van der Waals surface area contributed by atoms with Crippen LogP contribution in [0, 0.1) is 13.8 Å². The number of anilines is 1. The van der Waals surface area contributed by atoms with E-state index < -0.39 is 33.8 Å². The lowest BCUT2D eigenvalue weighted by Crippen LogP contribution is -2.52. The average Bonchev–Trinajstić information content (AvgIpc) is 3.01. The highest BCUT2D eigenvalue weighted by molar-refractivity contribution is 7.91. The number of ether oxygens (including phenoxy) is 2. The molecule has 1 aromatic heterocycles. The van der Waals surface area contributed by atoms with Crippen LogP contribution in [0.5, 0.6) is 5.75 Å². The summed E-state index contributed by atoms with van der Waals surface area (Å²) in [5.41, 5.74) is 8.49. The lowest BCUT2D eigenvalue weighted by Gasteiger charge is -2.19. The highest BCUT2D eigenvalue weighted by Gasteiger charge is 2.26. The van der Waals surface area contributed by atoms with Crippen molar-refractivity contribution in [2.24, 2.45) is 5.73 Å². The molecule has 1 aliphatic heterocycles. The molecular weight excluding hydrogens is 600 g/mol. The fourth-order valence-corrected chi connectivity index (χ4v) is 6.75. The number of carbonyl (C=O) groups is 3. The predicted molar refractivity (Wildman–Crippen MR) is 170 cm³/mol. The molecular formula is C31H46N6O7S. The Morgan fingerprint density at radius 1 is 1.07 bits per heavy atom. The van der Waals surface area contributed by atoms with Crippen molar-refractivity contribution in [1.29, 1.82) is 0 Å². The van der Waals surface area contributed by atoms with Crippen LogP contribution < -0.4 is 31.7 Å². The Bertz CT molecular complexity index is 1410. The summed E-state index contributed by atoms with van der Waals surface area (Å²) in [6.07, 6.45) is 3.73. The molecule has 0 bridgehead atoms. The fraction of sp³-hybridized carbons (Fsp3) is 0.548. The van der Waals surface area contributed by atoms with Crippen molar-refractivity contribution in [1.82, 2.24) is 20.9 Å². The van der Waals surface area contributed by atoms with Gasteiger partial charge in [-0.25, -0.2) is 18.2 Å². The molecule has 1 unspecified atom stereocenters.